The van der Waals surface area contributed by atoms with Gasteiger partial charge < -0.3 is 24.5 Å². The molecule has 1 spiro atoms. The molecule has 4 aliphatic heterocycles. The van der Waals surface area contributed by atoms with Gasteiger partial charge in [-0.1, -0.05) is 62.3 Å². The molecular formula is C32H43N3O5. The molecule has 0 aromatic heterocycles. The van der Waals surface area contributed by atoms with Crippen LogP contribution >= 0.6 is 0 Å². The molecule has 1 unspecified atom stereocenters. The molecule has 2 saturated heterocycles. The van der Waals surface area contributed by atoms with Crippen LogP contribution in [0.25, 0.3) is 0 Å². The van der Waals surface area contributed by atoms with E-state index in [9.17, 15) is 19.5 Å². The Morgan fingerprint density at radius 1 is 0.900 bits per heavy atom. The number of aryl methyl sites for hydroxylation is 2. The van der Waals surface area contributed by atoms with E-state index in [0.717, 1.165) is 36.1 Å². The number of fused-ring (bicyclic) bond motifs is 2. The zero-order valence-electron chi connectivity index (χ0n) is 24.3. The lowest BCUT2D eigenvalue weighted by Gasteiger charge is -2.38. The Labute approximate surface area is 237 Å². The minimum atomic E-state index is -1.24. The number of benzene rings is 1. The van der Waals surface area contributed by atoms with Gasteiger partial charge in [-0.25, -0.2) is 0 Å². The smallest absolute Gasteiger partial charge is 0.253 e. The average Bonchev–Trinajstić information content (AvgIpc) is 3.18. The predicted octanol–water partition coefficient (Wildman–Crippen LogP) is 3.54. The highest BCUT2D eigenvalue weighted by Gasteiger charge is 2.74. The van der Waals surface area contributed by atoms with E-state index >= 15 is 0 Å². The van der Waals surface area contributed by atoms with Crippen molar-refractivity contribution in [2.45, 2.75) is 77.0 Å². The SMILES string of the molecule is CCCN1CC=C[C@@]2(C)O[C@]34C=CCN(c5c(C)cccc5C)C(=O)C3N(CCCCCCO)C(=O)[C@@H]4[C@H]2C1=O. The fourth-order valence-electron chi connectivity index (χ4n) is 7.46. The van der Waals surface area contributed by atoms with Crippen molar-refractivity contribution >= 4 is 23.4 Å². The monoisotopic (exact) mass is 549 g/mol. The molecule has 5 rings (SSSR count). The first kappa shape index (κ1) is 28.6. The van der Waals surface area contributed by atoms with E-state index in [1.165, 1.54) is 0 Å². The number of unbranched alkanes of at least 4 members (excludes halogenated alkanes) is 3. The summed E-state index contributed by atoms with van der Waals surface area (Å²) in [7, 11) is 0. The van der Waals surface area contributed by atoms with Gasteiger partial charge in [0.05, 0.1) is 17.4 Å². The lowest BCUT2D eigenvalue weighted by atomic mass is 9.74. The second-order valence-corrected chi connectivity index (χ2v) is 11.9. The third-order valence-electron chi connectivity index (χ3n) is 9.15. The number of rotatable bonds is 9. The van der Waals surface area contributed by atoms with E-state index in [2.05, 4.69) is 0 Å². The number of carbonyl (C=O) groups excluding carboxylic acids is 3. The number of carbonyl (C=O) groups is 3. The number of aliphatic hydroxyl groups excluding tert-OH is 1. The van der Waals surface area contributed by atoms with E-state index in [-0.39, 0.29) is 24.3 Å². The highest BCUT2D eigenvalue weighted by Crippen LogP contribution is 2.57. The molecule has 216 valence electrons. The molecule has 3 amide bonds. The van der Waals surface area contributed by atoms with Crippen LogP contribution in [0.4, 0.5) is 5.69 Å². The highest BCUT2D eigenvalue weighted by atomic mass is 16.5. The van der Waals surface area contributed by atoms with E-state index in [4.69, 9.17) is 4.74 Å². The van der Waals surface area contributed by atoms with Crippen molar-refractivity contribution in [1.82, 2.24) is 9.80 Å². The summed E-state index contributed by atoms with van der Waals surface area (Å²) >= 11 is 0. The molecule has 1 aromatic rings. The summed E-state index contributed by atoms with van der Waals surface area (Å²) in [5, 5.41) is 9.19. The zero-order valence-corrected chi connectivity index (χ0v) is 24.3. The second kappa shape index (κ2) is 11.1. The Hall–Kier alpha value is -2.97. The van der Waals surface area contributed by atoms with Crippen LogP contribution in [0, 0.1) is 25.7 Å². The number of para-hydroxylation sites is 1. The summed E-state index contributed by atoms with van der Waals surface area (Å²) in [5.41, 5.74) is 0.610. The molecule has 4 aliphatic rings. The fraction of sp³-hybridized carbons (Fsp3) is 0.594. The summed E-state index contributed by atoms with van der Waals surface area (Å²) in [6, 6.07) is 5.11. The van der Waals surface area contributed by atoms with Gasteiger partial charge in [-0.15, -0.1) is 0 Å². The first-order valence-electron chi connectivity index (χ1n) is 14.8. The van der Waals surface area contributed by atoms with E-state index in [1.807, 2.05) is 75.1 Å². The van der Waals surface area contributed by atoms with Crippen LogP contribution in [0.2, 0.25) is 0 Å². The van der Waals surface area contributed by atoms with Crippen molar-refractivity contribution in [2.75, 3.05) is 37.7 Å². The van der Waals surface area contributed by atoms with Gasteiger partial charge in [0.1, 0.15) is 11.6 Å². The van der Waals surface area contributed by atoms with E-state index in [1.54, 1.807) is 9.80 Å². The summed E-state index contributed by atoms with van der Waals surface area (Å²) in [6.45, 7) is 9.94. The average molecular weight is 550 g/mol. The van der Waals surface area contributed by atoms with Crippen LogP contribution in [0.1, 0.15) is 57.1 Å². The number of nitrogens with zero attached hydrogens (tertiary/aromatic N) is 3. The minimum Gasteiger partial charge on any atom is -0.396 e. The number of aliphatic hydroxyl groups is 1. The van der Waals surface area contributed by atoms with Gasteiger partial charge in [-0.05, 0) is 51.2 Å². The predicted molar refractivity (Wildman–Crippen MR) is 154 cm³/mol. The minimum absolute atomic E-state index is 0.0789. The Balaban J connectivity index is 1.59. The number of likely N-dealkylation sites (tertiary alicyclic amines) is 1. The first-order chi connectivity index (χ1) is 19.2. The van der Waals surface area contributed by atoms with Gasteiger partial charge in [-0.2, -0.15) is 0 Å². The molecule has 2 fully saturated rings. The maximum atomic E-state index is 14.7. The fourth-order valence-corrected chi connectivity index (χ4v) is 7.46. The molecule has 8 heteroatoms. The highest BCUT2D eigenvalue weighted by molar-refractivity contribution is 6.06. The number of ether oxygens (including phenoxy) is 1. The number of anilines is 1. The maximum Gasteiger partial charge on any atom is 0.253 e. The molecular weight excluding hydrogens is 506 g/mol. The summed E-state index contributed by atoms with van der Waals surface area (Å²) < 4.78 is 6.92. The van der Waals surface area contributed by atoms with E-state index < -0.39 is 29.1 Å². The molecule has 40 heavy (non-hydrogen) atoms. The molecule has 0 bridgehead atoms. The van der Waals surface area contributed by atoms with Crippen LogP contribution in [-0.4, -0.2) is 82.7 Å². The van der Waals surface area contributed by atoms with Gasteiger partial charge in [0.2, 0.25) is 11.8 Å². The molecule has 4 heterocycles. The van der Waals surface area contributed by atoms with Crippen molar-refractivity contribution < 1.29 is 24.2 Å². The molecule has 0 saturated carbocycles. The third kappa shape index (κ3) is 4.49. The largest absolute Gasteiger partial charge is 0.396 e. The molecule has 1 aromatic carbocycles. The third-order valence-corrected chi connectivity index (χ3v) is 9.15. The van der Waals surface area contributed by atoms with Crippen LogP contribution < -0.4 is 4.90 Å². The van der Waals surface area contributed by atoms with Gasteiger partial charge in [0.25, 0.3) is 5.91 Å². The Bertz CT molecular complexity index is 1210. The summed E-state index contributed by atoms with van der Waals surface area (Å²) in [4.78, 5) is 48.4. The van der Waals surface area contributed by atoms with Crippen molar-refractivity contribution in [3.05, 3.63) is 53.6 Å². The topological polar surface area (TPSA) is 90.4 Å². The second-order valence-electron chi connectivity index (χ2n) is 11.9. The lowest BCUT2D eigenvalue weighted by Crippen LogP contribution is -2.56. The van der Waals surface area contributed by atoms with Crippen molar-refractivity contribution in [2.24, 2.45) is 11.8 Å². The first-order valence-corrected chi connectivity index (χ1v) is 14.8. The van der Waals surface area contributed by atoms with Crippen LogP contribution in [-0.2, 0) is 19.1 Å². The van der Waals surface area contributed by atoms with Crippen LogP contribution in [0.3, 0.4) is 0 Å². The number of hydrogen-bond donors (Lipinski definition) is 1. The van der Waals surface area contributed by atoms with Crippen molar-refractivity contribution in [3.63, 3.8) is 0 Å². The molecule has 5 atom stereocenters. The number of amides is 3. The summed E-state index contributed by atoms with van der Waals surface area (Å²) in [5.74, 6) is -1.92. The van der Waals surface area contributed by atoms with Gasteiger partial charge in [0.15, 0.2) is 0 Å². The standard InChI is InChI=1S/C32H43N3O5/c1-5-17-33-18-11-15-31(4)24(28(33)37)25-29(38)35(19-8-6-7-9-21-36)27-30(39)34(20-12-16-32(25,27)40-31)26-22(2)13-10-14-23(26)3/h10-16,24-25,27,36H,5-9,17-21H2,1-4H3/t24-,25-,27?,31+,32-/m0/s1. The quantitative estimate of drug-likeness (QED) is 0.376. The lowest BCUT2D eigenvalue weighted by molar-refractivity contribution is -0.148. The zero-order chi connectivity index (χ0) is 28.7. The van der Waals surface area contributed by atoms with Crippen molar-refractivity contribution in [1.29, 1.82) is 0 Å². The molecule has 1 N–H and O–H groups in total. The summed E-state index contributed by atoms with van der Waals surface area (Å²) in [6.07, 6.45) is 11.7. The Morgan fingerprint density at radius 2 is 1.60 bits per heavy atom. The normalized spacial score (nSPS) is 31.4. The van der Waals surface area contributed by atoms with Crippen LogP contribution in [0.15, 0.2) is 42.5 Å². The van der Waals surface area contributed by atoms with Gasteiger partial charge >= 0.3 is 0 Å². The maximum absolute atomic E-state index is 14.7. The molecule has 0 radical (unpaired) electrons. The molecule has 8 nitrogen and oxygen atoms in total. The Kier molecular flexibility index (Phi) is 7.94. The van der Waals surface area contributed by atoms with E-state index in [0.29, 0.717) is 39.0 Å². The van der Waals surface area contributed by atoms with Gasteiger partial charge in [-0.3, -0.25) is 14.4 Å². The van der Waals surface area contributed by atoms with Crippen LogP contribution in [0.5, 0.6) is 0 Å². The van der Waals surface area contributed by atoms with Crippen molar-refractivity contribution in [3.8, 4) is 0 Å². The Morgan fingerprint density at radius 3 is 2.30 bits per heavy atom. The molecule has 0 aliphatic carbocycles. The number of hydrogen-bond acceptors (Lipinski definition) is 5. The van der Waals surface area contributed by atoms with Gasteiger partial charge in [0, 0.05) is 38.5 Å².